The van der Waals surface area contributed by atoms with Crippen molar-refractivity contribution in [1.29, 1.82) is 0 Å². The highest BCUT2D eigenvalue weighted by Gasteiger charge is 2.62. The third kappa shape index (κ3) is 1.55. The van der Waals surface area contributed by atoms with Crippen molar-refractivity contribution in [2.24, 2.45) is 0 Å². The molecule has 1 aromatic carbocycles. The Morgan fingerprint density at radius 1 is 1.17 bits per heavy atom. The molecule has 0 radical (unpaired) electrons. The zero-order valence-corrected chi connectivity index (χ0v) is 11.6. The van der Waals surface area contributed by atoms with Crippen LogP contribution in [0.5, 0.6) is 0 Å². The van der Waals surface area contributed by atoms with E-state index < -0.39 is 0 Å². The number of likely N-dealkylation sites (tertiary alicyclic amines) is 1. The molecule has 1 spiro atoms. The third-order valence-electron chi connectivity index (χ3n) is 4.72. The van der Waals surface area contributed by atoms with E-state index in [1.54, 1.807) is 5.56 Å². The Kier molecular flexibility index (Phi) is 2.95. The van der Waals surface area contributed by atoms with Crippen LogP contribution in [0.2, 0.25) is 0 Å². The normalized spacial score (nSPS) is 31.3. The molecule has 0 bridgehead atoms. The average Bonchev–Trinajstić information content (AvgIpc) is 3.19. The molecule has 0 saturated carbocycles. The summed E-state index contributed by atoms with van der Waals surface area (Å²) in [6.07, 6.45) is 3.46. The minimum Gasteiger partial charge on any atom is -0.364 e. The fourth-order valence-electron chi connectivity index (χ4n) is 3.69. The van der Waals surface area contributed by atoms with Gasteiger partial charge in [0.15, 0.2) is 0 Å². The van der Waals surface area contributed by atoms with Gasteiger partial charge in [-0.25, -0.2) is 0 Å². The van der Waals surface area contributed by atoms with Crippen molar-refractivity contribution in [2.75, 3.05) is 20.1 Å². The number of piperidine rings is 1. The molecule has 2 heteroatoms. The van der Waals surface area contributed by atoms with Crippen LogP contribution < -0.4 is 0 Å². The summed E-state index contributed by atoms with van der Waals surface area (Å²) in [5.41, 5.74) is 3.41. The zero-order valence-electron chi connectivity index (χ0n) is 11.6. The predicted molar refractivity (Wildman–Crippen MR) is 73.8 cm³/mol. The Hall–Kier alpha value is -0.860. The number of hydrogen-bond donors (Lipinski definition) is 0. The maximum atomic E-state index is 5.89. The molecule has 18 heavy (non-hydrogen) atoms. The van der Waals surface area contributed by atoms with Crippen molar-refractivity contribution >= 4 is 0 Å². The molecule has 2 fully saturated rings. The van der Waals surface area contributed by atoms with Gasteiger partial charge in [0.2, 0.25) is 0 Å². The fourth-order valence-corrected chi connectivity index (χ4v) is 3.69. The van der Waals surface area contributed by atoms with Crippen molar-refractivity contribution in [3.63, 3.8) is 0 Å². The van der Waals surface area contributed by atoms with Crippen molar-refractivity contribution in [1.82, 2.24) is 4.90 Å². The number of hydrogen-bond acceptors (Lipinski definition) is 2. The molecule has 1 aromatic rings. The number of nitrogens with zero attached hydrogens (tertiary/aromatic N) is 1. The summed E-state index contributed by atoms with van der Waals surface area (Å²) in [5, 5.41) is 0. The smallest absolute Gasteiger partial charge is 0.110 e. The van der Waals surface area contributed by atoms with E-state index in [0.29, 0.717) is 17.6 Å². The number of fused-ring (bicyclic) bond motifs is 5. The Labute approximate surface area is 110 Å². The lowest BCUT2D eigenvalue weighted by Gasteiger charge is -2.39. The first-order valence-corrected chi connectivity index (χ1v) is 7.25. The Balaban J connectivity index is 0.000000478. The van der Waals surface area contributed by atoms with Crippen molar-refractivity contribution in [2.45, 2.75) is 44.3 Å². The van der Waals surface area contributed by atoms with Gasteiger partial charge in [-0.2, -0.15) is 0 Å². The van der Waals surface area contributed by atoms with Crippen LogP contribution in [0.25, 0.3) is 0 Å². The molecule has 2 saturated heterocycles. The van der Waals surface area contributed by atoms with Gasteiger partial charge in [-0.05, 0) is 44.1 Å². The van der Waals surface area contributed by atoms with E-state index >= 15 is 0 Å². The van der Waals surface area contributed by atoms with Crippen molar-refractivity contribution in [3.05, 3.63) is 35.4 Å². The molecule has 0 N–H and O–H groups in total. The molecular formula is C16H23NO. The Bertz CT molecular complexity index is 434. The third-order valence-corrected chi connectivity index (χ3v) is 4.72. The van der Waals surface area contributed by atoms with Crippen LogP contribution in [-0.4, -0.2) is 31.1 Å². The summed E-state index contributed by atoms with van der Waals surface area (Å²) in [4.78, 5) is 2.43. The van der Waals surface area contributed by atoms with Crippen LogP contribution in [0.15, 0.2) is 24.3 Å². The highest BCUT2D eigenvalue weighted by atomic mass is 16.6. The zero-order chi connectivity index (χ0) is 12.8. The first-order valence-electron chi connectivity index (χ1n) is 7.25. The van der Waals surface area contributed by atoms with E-state index in [1.807, 2.05) is 13.8 Å². The lowest BCUT2D eigenvalue weighted by molar-refractivity contribution is 0.150. The molecule has 0 amide bonds. The van der Waals surface area contributed by atoms with Gasteiger partial charge in [0.25, 0.3) is 0 Å². The lowest BCUT2D eigenvalue weighted by Crippen LogP contribution is -2.43. The van der Waals surface area contributed by atoms with Gasteiger partial charge in [0.1, 0.15) is 6.10 Å². The molecule has 3 aliphatic rings. The highest BCUT2D eigenvalue weighted by molar-refractivity contribution is 5.48. The predicted octanol–water partition coefficient (Wildman–Crippen LogP) is 3.13. The van der Waals surface area contributed by atoms with E-state index in [-0.39, 0.29) is 0 Å². The van der Waals surface area contributed by atoms with Crippen LogP contribution in [0, 0.1) is 0 Å². The van der Waals surface area contributed by atoms with Gasteiger partial charge in [-0.1, -0.05) is 38.1 Å². The maximum Gasteiger partial charge on any atom is 0.110 e. The quantitative estimate of drug-likeness (QED) is 0.653. The molecule has 1 aliphatic carbocycles. The van der Waals surface area contributed by atoms with E-state index in [4.69, 9.17) is 4.74 Å². The number of ether oxygens (including phenoxy) is 1. The second-order valence-electron chi connectivity index (χ2n) is 5.52. The summed E-state index contributed by atoms with van der Waals surface area (Å²) >= 11 is 0. The topological polar surface area (TPSA) is 15.8 Å². The number of benzene rings is 1. The number of epoxide rings is 1. The molecule has 98 valence electrons. The monoisotopic (exact) mass is 245 g/mol. The van der Waals surface area contributed by atoms with Gasteiger partial charge in [0, 0.05) is 5.41 Å². The van der Waals surface area contributed by atoms with E-state index in [1.165, 1.54) is 31.5 Å². The fraction of sp³-hybridized carbons (Fsp3) is 0.625. The highest BCUT2D eigenvalue weighted by Crippen LogP contribution is 2.62. The van der Waals surface area contributed by atoms with Crippen molar-refractivity contribution < 1.29 is 4.74 Å². The summed E-state index contributed by atoms with van der Waals surface area (Å²) in [6, 6.07) is 8.92. The van der Waals surface area contributed by atoms with E-state index in [0.717, 1.165) is 0 Å². The second kappa shape index (κ2) is 4.36. The standard InChI is InChI=1S/C14H17NO.C2H6/c1-15-8-6-14(7-9-15)11-5-3-2-4-10(11)12-13(14)16-12;1-2/h2-5,12-13H,6-9H2,1H3;1-2H3. The molecule has 2 unspecified atom stereocenters. The van der Waals surface area contributed by atoms with E-state index in [9.17, 15) is 0 Å². The van der Waals surface area contributed by atoms with Gasteiger partial charge in [-0.15, -0.1) is 0 Å². The molecule has 2 atom stereocenters. The minimum atomic E-state index is 0.355. The summed E-state index contributed by atoms with van der Waals surface area (Å²) < 4.78 is 5.89. The molecule has 0 aromatic heterocycles. The van der Waals surface area contributed by atoms with Crippen LogP contribution >= 0.6 is 0 Å². The summed E-state index contributed by atoms with van der Waals surface area (Å²) in [7, 11) is 2.22. The molecular weight excluding hydrogens is 222 g/mol. The maximum absolute atomic E-state index is 5.89. The minimum absolute atomic E-state index is 0.355. The molecule has 4 rings (SSSR count). The van der Waals surface area contributed by atoms with Crippen LogP contribution in [0.1, 0.15) is 43.9 Å². The van der Waals surface area contributed by atoms with Gasteiger partial charge < -0.3 is 9.64 Å². The average molecular weight is 245 g/mol. The Morgan fingerprint density at radius 3 is 2.56 bits per heavy atom. The molecule has 2 heterocycles. The first-order chi connectivity index (χ1) is 8.81. The van der Waals surface area contributed by atoms with Gasteiger partial charge in [-0.3, -0.25) is 0 Å². The van der Waals surface area contributed by atoms with Crippen molar-refractivity contribution in [3.8, 4) is 0 Å². The largest absolute Gasteiger partial charge is 0.364 e. The first kappa shape index (κ1) is 12.2. The molecule has 2 nitrogen and oxygen atoms in total. The lowest BCUT2D eigenvalue weighted by atomic mass is 9.73. The molecule has 2 aliphatic heterocycles. The Morgan fingerprint density at radius 2 is 1.83 bits per heavy atom. The summed E-state index contributed by atoms with van der Waals surface area (Å²) in [6.45, 7) is 6.42. The number of rotatable bonds is 0. The summed E-state index contributed by atoms with van der Waals surface area (Å²) in [5.74, 6) is 0. The van der Waals surface area contributed by atoms with E-state index in [2.05, 4.69) is 36.2 Å². The van der Waals surface area contributed by atoms with Crippen LogP contribution in [-0.2, 0) is 10.2 Å². The SMILES string of the molecule is CC.CN1CCC2(CC1)c1ccccc1C1OC12. The van der Waals surface area contributed by atoms with Crippen LogP contribution in [0.3, 0.4) is 0 Å². The van der Waals surface area contributed by atoms with Gasteiger partial charge in [0.05, 0.1) is 6.10 Å². The van der Waals surface area contributed by atoms with Gasteiger partial charge >= 0.3 is 0 Å². The second-order valence-corrected chi connectivity index (χ2v) is 5.52. The van der Waals surface area contributed by atoms with Crippen LogP contribution in [0.4, 0.5) is 0 Å².